The fraction of sp³-hybridized carbons (Fsp3) is 0.200. The van der Waals surface area contributed by atoms with Crippen molar-refractivity contribution in [1.82, 2.24) is 9.55 Å². The number of hydrogen-bond donors (Lipinski definition) is 1. The first-order valence-electron chi connectivity index (χ1n) is 8.62. The molecule has 0 bridgehead atoms. The van der Waals surface area contributed by atoms with Crippen LogP contribution in [-0.4, -0.2) is 20.6 Å². The number of hydrogen-bond acceptors (Lipinski definition) is 3. The standard InChI is InChI=1S/C20H15F3N2O2S/c1-2-10-3-4-15-12(5-10)11(8-25(15)9-17(26)27)6-16-24-19-18(23)13(21)7-14(22)20(19)28-16/h3-5,7-8H,2,6,9H2,1H3,(H,26,27). The molecule has 0 atom stereocenters. The molecule has 2 aromatic heterocycles. The Morgan fingerprint density at radius 2 is 2.00 bits per heavy atom. The summed E-state index contributed by atoms with van der Waals surface area (Å²) < 4.78 is 43.0. The van der Waals surface area contributed by atoms with Crippen LogP contribution in [-0.2, 0) is 24.2 Å². The molecule has 8 heteroatoms. The quantitative estimate of drug-likeness (QED) is 0.481. The Morgan fingerprint density at radius 3 is 2.71 bits per heavy atom. The molecule has 4 rings (SSSR count). The largest absolute Gasteiger partial charge is 0.480 e. The Balaban J connectivity index is 1.83. The molecule has 0 radical (unpaired) electrons. The molecule has 144 valence electrons. The maximum absolute atomic E-state index is 14.0. The zero-order valence-electron chi connectivity index (χ0n) is 14.8. The highest BCUT2D eigenvalue weighted by Crippen LogP contribution is 2.32. The molecule has 0 saturated heterocycles. The molecule has 4 aromatic rings. The van der Waals surface area contributed by atoms with Crippen LogP contribution in [0.25, 0.3) is 21.1 Å². The molecular formula is C20H15F3N2O2S. The fourth-order valence-electron chi connectivity index (χ4n) is 3.32. The second-order valence-electron chi connectivity index (χ2n) is 6.50. The summed E-state index contributed by atoms with van der Waals surface area (Å²) in [6, 6.07) is 6.31. The van der Waals surface area contributed by atoms with E-state index >= 15 is 0 Å². The monoisotopic (exact) mass is 404 g/mol. The Labute approximate surface area is 161 Å². The third-order valence-electron chi connectivity index (χ3n) is 4.64. The number of carboxylic acid groups (broad SMARTS) is 1. The number of aryl methyl sites for hydroxylation is 1. The molecule has 1 N–H and O–H groups in total. The highest BCUT2D eigenvalue weighted by atomic mass is 32.1. The van der Waals surface area contributed by atoms with E-state index in [-0.39, 0.29) is 23.2 Å². The van der Waals surface area contributed by atoms with Crippen LogP contribution in [0.3, 0.4) is 0 Å². The lowest BCUT2D eigenvalue weighted by Gasteiger charge is -2.02. The van der Waals surface area contributed by atoms with Gasteiger partial charge in [0.25, 0.3) is 0 Å². The van der Waals surface area contributed by atoms with Gasteiger partial charge in [-0.2, -0.15) is 0 Å². The van der Waals surface area contributed by atoms with Gasteiger partial charge in [0.05, 0.1) is 9.71 Å². The van der Waals surface area contributed by atoms with Crippen molar-refractivity contribution in [1.29, 1.82) is 0 Å². The average molecular weight is 404 g/mol. The summed E-state index contributed by atoms with van der Waals surface area (Å²) in [5, 5.41) is 10.5. The first kappa shape index (κ1) is 18.5. The SMILES string of the molecule is CCc1ccc2c(c1)c(Cc1nc3c(F)c(F)cc(F)c3s1)cn2CC(=O)O. The highest BCUT2D eigenvalue weighted by molar-refractivity contribution is 7.18. The molecule has 0 aliphatic rings. The van der Waals surface area contributed by atoms with Crippen molar-refractivity contribution in [3.63, 3.8) is 0 Å². The summed E-state index contributed by atoms with van der Waals surface area (Å²) in [6.45, 7) is 1.82. The predicted octanol–water partition coefficient (Wildman–Crippen LogP) is 4.91. The summed E-state index contributed by atoms with van der Waals surface area (Å²) in [6.07, 6.45) is 2.80. The van der Waals surface area contributed by atoms with Crippen LogP contribution >= 0.6 is 11.3 Å². The van der Waals surface area contributed by atoms with E-state index in [0.717, 1.165) is 39.8 Å². The minimum atomic E-state index is -1.27. The Morgan fingerprint density at radius 1 is 1.21 bits per heavy atom. The molecule has 2 heterocycles. The molecule has 2 aromatic carbocycles. The van der Waals surface area contributed by atoms with Crippen LogP contribution in [0, 0.1) is 17.5 Å². The van der Waals surface area contributed by atoms with Crippen LogP contribution in [0.4, 0.5) is 13.2 Å². The highest BCUT2D eigenvalue weighted by Gasteiger charge is 2.19. The van der Waals surface area contributed by atoms with E-state index in [1.54, 1.807) is 10.8 Å². The van der Waals surface area contributed by atoms with Crippen molar-refractivity contribution < 1.29 is 23.1 Å². The lowest BCUT2D eigenvalue weighted by molar-refractivity contribution is -0.137. The summed E-state index contributed by atoms with van der Waals surface area (Å²) in [4.78, 5) is 15.3. The first-order chi connectivity index (χ1) is 13.4. The second-order valence-corrected chi connectivity index (χ2v) is 7.58. The van der Waals surface area contributed by atoms with E-state index in [1.807, 2.05) is 25.1 Å². The van der Waals surface area contributed by atoms with Gasteiger partial charge in [-0.25, -0.2) is 18.2 Å². The van der Waals surface area contributed by atoms with Gasteiger partial charge in [0.2, 0.25) is 0 Å². The molecule has 4 nitrogen and oxygen atoms in total. The molecule has 28 heavy (non-hydrogen) atoms. The first-order valence-corrected chi connectivity index (χ1v) is 9.44. The number of aromatic nitrogens is 2. The van der Waals surface area contributed by atoms with E-state index in [1.165, 1.54) is 0 Å². The summed E-state index contributed by atoms with van der Waals surface area (Å²) >= 11 is 0.965. The lowest BCUT2D eigenvalue weighted by atomic mass is 10.1. The molecule has 0 aliphatic carbocycles. The molecule has 0 unspecified atom stereocenters. The summed E-state index contributed by atoms with van der Waals surface area (Å²) in [5.74, 6) is -4.25. The Hall–Kier alpha value is -2.87. The van der Waals surface area contributed by atoms with Crippen molar-refractivity contribution >= 4 is 38.4 Å². The molecule has 0 spiro atoms. The number of carbonyl (C=O) groups is 1. The van der Waals surface area contributed by atoms with Crippen molar-refractivity contribution in [2.24, 2.45) is 0 Å². The van der Waals surface area contributed by atoms with Crippen LogP contribution < -0.4 is 0 Å². The Bertz CT molecular complexity index is 1230. The van der Waals surface area contributed by atoms with Gasteiger partial charge in [-0.1, -0.05) is 13.0 Å². The molecule has 0 saturated carbocycles. The summed E-state index contributed by atoms with van der Waals surface area (Å²) in [7, 11) is 0. The van der Waals surface area contributed by atoms with Gasteiger partial charge in [-0.3, -0.25) is 4.79 Å². The normalized spacial score (nSPS) is 11.6. The van der Waals surface area contributed by atoms with Crippen LogP contribution in [0.1, 0.15) is 23.1 Å². The zero-order valence-corrected chi connectivity index (χ0v) is 15.6. The van der Waals surface area contributed by atoms with E-state index in [4.69, 9.17) is 5.11 Å². The van der Waals surface area contributed by atoms with E-state index < -0.39 is 23.4 Å². The molecule has 0 amide bonds. The number of aliphatic carboxylic acids is 1. The van der Waals surface area contributed by atoms with Crippen molar-refractivity contribution in [2.75, 3.05) is 0 Å². The maximum atomic E-state index is 14.0. The zero-order chi connectivity index (χ0) is 20.0. The number of rotatable bonds is 5. The van der Waals surface area contributed by atoms with Gasteiger partial charge in [0.15, 0.2) is 11.6 Å². The minimum Gasteiger partial charge on any atom is -0.480 e. The number of halogens is 3. The van der Waals surface area contributed by atoms with E-state index in [9.17, 15) is 18.0 Å². The topological polar surface area (TPSA) is 55.1 Å². The van der Waals surface area contributed by atoms with E-state index in [0.29, 0.717) is 11.1 Å². The van der Waals surface area contributed by atoms with Crippen molar-refractivity contribution in [3.05, 3.63) is 64.0 Å². The molecule has 0 fully saturated rings. The third-order valence-corrected chi connectivity index (χ3v) is 5.71. The number of thiazole rings is 1. The number of carboxylic acids is 1. The van der Waals surface area contributed by atoms with Crippen LogP contribution in [0.15, 0.2) is 30.5 Å². The van der Waals surface area contributed by atoms with E-state index in [2.05, 4.69) is 4.98 Å². The van der Waals surface area contributed by atoms with Gasteiger partial charge in [-0.05, 0) is 29.7 Å². The maximum Gasteiger partial charge on any atom is 0.323 e. The number of benzene rings is 2. The third kappa shape index (κ3) is 3.13. The lowest BCUT2D eigenvalue weighted by Crippen LogP contribution is -2.07. The van der Waals surface area contributed by atoms with Gasteiger partial charge in [0, 0.05) is 29.6 Å². The van der Waals surface area contributed by atoms with Gasteiger partial charge >= 0.3 is 5.97 Å². The number of nitrogens with zero attached hydrogens (tertiary/aromatic N) is 2. The minimum absolute atomic E-state index is 0.0302. The number of fused-ring (bicyclic) bond motifs is 2. The van der Waals surface area contributed by atoms with Crippen LogP contribution in [0.2, 0.25) is 0 Å². The molecular weight excluding hydrogens is 389 g/mol. The average Bonchev–Trinajstić information content (AvgIpc) is 3.22. The van der Waals surface area contributed by atoms with Crippen molar-refractivity contribution in [2.45, 2.75) is 26.3 Å². The van der Waals surface area contributed by atoms with Crippen molar-refractivity contribution in [3.8, 4) is 0 Å². The fourth-order valence-corrected chi connectivity index (χ4v) is 4.31. The van der Waals surface area contributed by atoms with Crippen LogP contribution in [0.5, 0.6) is 0 Å². The Kier molecular flexibility index (Phi) is 4.58. The predicted molar refractivity (Wildman–Crippen MR) is 101 cm³/mol. The second kappa shape index (κ2) is 6.94. The molecule has 0 aliphatic heterocycles. The summed E-state index contributed by atoms with van der Waals surface area (Å²) in [5.41, 5.74) is 2.33. The smallest absolute Gasteiger partial charge is 0.323 e. The van der Waals surface area contributed by atoms with Gasteiger partial charge < -0.3 is 9.67 Å². The van der Waals surface area contributed by atoms with Gasteiger partial charge in [0.1, 0.15) is 17.9 Å². The van der Waals surface area contributed by atoms with Gasteiger partial charge in [-0.15, -0.1) is 11.3 Å².